The van der Waals surface area contributed by atoms with Gasteiger partial charge in [0.15, 0.2) is 0 Å². The number of carboxylic acid groups (broad SMARTS) is 1. The number of carbonyl (C=O) groups is 1. The van der Waals surface area contributed by atoms with Crippen LogP contribution in [0.4, 0.5) is 0 Å². The molecule has 3 atom stereocenters. The van der Waals surface area contributed by atoms with Crippen molar-refractivity contribution in [1.29, 1.82) is 0 Å². The van der Waals surface area contributed by atoms with Gasteiger partial charge in [-0.3, -0.25) is 4.79 Å². The first-order chi connectivity index (χ1) is 6.96. The number of hydrogen-bond donors (Lipinski definition) is 3. The summed E-state index contributed by atoms with van der Waals surface area (Å²) in [4.78, 5) is 10.5. The minimum Gasteiger partial charge on any atom is -0.480 e. The van der Waals surface area contributed by atoms with Crippen molar-refractivity contribution in [2.24, 2.45) is 11.5 Å². The Morgan fingerprint density at radius 3 is 2.70 bits per heavy atom. The van der Waals surface area contributed by atoms with E-state index in [4.69, 9.17) is 24.8 Å². The van der Waals surface area contributed by atoms with Crippen molar-refractivity contribution in [3.8, 4) is 0 Å². The Balaban J connectivity index is 5.12. The van der Waals surface area contributed by atoms with Crippen molar-refractivity contribution in [2.45, 2.75) is 25.2 Å². The lowest BCUT2D eigenvalue weighted by Crippen LogP contribution is -2.29. The fourth-order valence-electron chi connectivity index (χ4n) is 0.257. The molecule has 0 bridgehead atoms. The molecule has 0 spiro atoms. The maximum Gasteiger partial charge on any atom is 0.320 e. The van der Waals surface area contributed by atoms with Gasteiger partial charge in [0.2, 0.25) is 0 Å². The van der Waals surface area contributed by atoms with Crippen molar-refractivity contribution in [3.63, 3.8) is 0 Å². The number of rotatable bonds is 5. The Kier molecular flexibility index (Phi) is 1.66. The molecule has 0 aliphatic heterocycles. The molecule has 4 heteroatoms. The van der Waals surface area contributed by atoms with E-state index in [1.165, 1.54) is 0 Å². The van der Waals surface area contributed by atoms with Gasteiger partial charge in [-0.05, 0) is 19.3 Å². The molecule has 10 heavy (non-hydrogen) atoms. The summed E-state index contributed by atoms with van der Waals surface area (Å²) in [6, 6.07) is -1.89. The second-order valence-corrected chi connectivity index (χ2v) is 1.49. The predicted octanol–water partition coefficient (Wildman–Crippen LogP) is -0.473. The number of nitrogens with two attached hydrogens (primary N) is 2. The summed E-state index contributed by atoms with van der Waals surface area (Å²) in [6.07, 6.45) is -7.87. The molecule has 0 rings (SSSR count). The smallest absolute Gasteiger partial charge is 0.320 e. The highest BCUT2D eigenvalue weighted by Gasteiger charge is 2.09. The lowest BCUT2D eigenvalue weighted by molar-refractivity contribution is -0.138. The lowest BCUT2D eigenvalue weighted by atomic mass is 10.5. The molecule has 0 heterocycles. The van der Waals surface area contributed by atoms with Gasteiger partial charge in [-0.1, -0.05) is 6.37 Å². The first kappa shape index (κ1) is 3.19. The maximum atomic E-state index is 10.5. The van der Waals surface area contributed by atoms with Gasteiger partial charge in [-0.25, -0.2) is 0 Å². The van der Waals surface area contributed by atoms with Crippen molar-refractivity contribution >= 4 is 5.97 Å². The van der Waals surface area contributed by atoms with Crippen LogP contribution in [0, 0.1) is 0 Å². The Labute approximate surface area is 68.6 Å². The minimum absolute atomic E-state index is 1.61. The van der Waals surface area contributed by atoms with Gasteiger partial charge in [-0.15, -0.1) is 0 Å². The van der Waals surface area contributed by atoms with Crippen LogP contribution in [-0.2, 0) is 4.79 Å². The Bertz CT molecular complexity index is 272. The van der Waals surface area contributed by atoms with Crippen LogP contribution in [0.3, 0.4) is 0 Å². The zero-order valence-corrected chi connectivity index (χ0v) is 5.24. The van der Waals surface area contributed by atoms with Gasteiger partial charge in [0.1, 0.15) is 6.04 Å². The number of hydrogen-bond acceptors (Lipinski definition) is 3. The van der Waals surface area contributed by atoms with Crippen LogP contribution < -0.4 is 11.5 Å². The van der Waals surface area contributed by atoms with Crippen molar-refractivity contribution < 1.29 is 18.1 Å². The minimum atomic E-state index is -2.94. The summed E-state index contributed by atoms with van der Waals surface area (Å²) >= 11 is 0. The van der Waals surface area contributed by atoms with Crippen LogP contribution in [0.5, 0.6) is 0 Å². The zero-order chi connectivity index (χ0) is 13.3. The summed E-state index contributed by atoms with van der Waals surface area (Å²) in [5, 5.41) is 8.51. The summed E-state index contributed by atoms with van der Waals surface area (Å²) < 4.78 is 43.5. The fourth-order valence-corrected chi connectivity index (χ4v) is 0.257. The molecule has 0 saturated carbocycles. The van der Waals surface area contributed by atoms with E-state index in [0.29, 0.717) is 0 Å². The molecule has 0 aromatic rings. The van der Waals surface area contributed by atoms with Crippen molar-refractivity contribution in [3.05, 3.63) is 0 Å². The van der Waals surface area contributed by atoms with Crippen LogP contribution in [0.15, 0.2) is 0 Å². The van der Waals surface area contributed by atoms with Crippen LogP contribution in [-0.4, -0.2) is 23.6 Å². The molecular formula is C6H14N2O2. The highest BCUT2D eigenvalue weighted by molar-refractivity contribution is 5.72. The highest BCUT2D eigenvalue weighted by atomic mass is 16.5. The summed E-state index contributed by atoms with van der Waals surface area (Å²) in [6.45, 7) is -1.93. The fraction of sp³-hybridized carbons (Fsp3) is 0.833. The topological polar surface area (TPSA) is 89.3 Å². The Hall–Kier alpha value is -0.610. The van der Waals surface area contributed by atoms with E-state index < -0.39 is 37.7 Å². The van der Waals surface area contributed by atoms with Gasteiger partial charge in [-0.2, -0.15) is 0 Å². The standard InChI is InChI=1S/C6H14N2O2/c7-4-2-1-3-5(8)6(9)10/h5H,1-4,7-8H2,(H,9,10)/t5-/m0/s1/i1+0D2,2+0D2,3+1D,4+1D,5+1,6+1,7+1,8+1/t3?,4?,5-. The lowest BCUT2D eigenvalue weighted by Gasteiger charge is -2.03. The molecule has 0 aromatic carbocycles. The molecule has 0 aliphatic carbocycles. The zero-order valence-electron chi connectivity index (χ0n) is 11.2. The van der Waals surface area contributed by atoms with Crippen molar-refractivity contribution in [1.82, 2.24) is 0 Å². The predicted molar refractivity (Wildman–Crippen MR) is 38.5 cm³/mol. The third kappa shape index (κ3) is 4.29. The van der Waals surface area contributed by atoms with E-state index in [1.54, 1.807) is 0 Å². The van der Waals surface area contributed by atoms with Crippen molar-refractivity contribution in [2.75, 3.05) is 6.52 Å². The average molecular weight is 158 g/mol. The van der Waals surface area contributed by atoms with Crippen LogP contribution >= 0.6 is 0 Å². The number of aliphatic carboxylic acids is 1. The molecule has 0 aliphatic rings. The molecule has 60 valence electrons. The molecule has 5 N–H and O–H groups in total. The first-order valence-corrected chi connectivity index (χ1v) is 2.54. The Morgan fingerprint density at radius 2 is 2.30 bits per heavy atom. The molecule has 0 saturated heterocycles. The van der Waals surface area contributed by atoms with E-state index in [1.807, 2.05) is 0 Å². The average Bonchev–Trinajstić information content (AvgIpc) is 2.14. The molecule has 0 fully saturated rings. The van der Waals surface area contributed by atoms with Gasteiger partial charge >= 0.3 is 5.97 Å². The van der Waals surface area contributed by atoms with Gasteiger partial charge in [0.25, 0.3) is 0 Å². The third-order valence-corrected chi connectivity index (χ3v) is 0.715. The van der Waals surface area contributed by atoms with E-state index in [9.17, 15) is 4.79 Å². The summed E-state index contributed by atoms with van der Waals surface area (Å²) in [5.74, 6) is -1.61. The highest BCUT2D eigenvalue weighted by Crippen LogP contribution is 1.96. The number of carboxylic acids is 1. The SMILES string of the molecule is [2H][13CH]([15NH2])[12C]([2H])([2H])[12C]([2H])([2H])[13CH]([2H])[13C@H]([15NH2])[13C](=O)O. The molecule has 0 radical (unpaired) electrons. The Morgan fingerprint density at radius 1 is 1.70 bits per heavy atom. The van der Waals surface area contributed by atoms with E-state index in [-0.39, 0.29) is 0 Å². The van der Waals surface area contributed by atoms with Gasteiger partial charge in [0.05, 0.1) is 0 Å². The van der Waals surface area contributed by atoms with E-state index in [0.717, 1.165) is 0 Å². The maximum absolute atomic E-state index is 10.5. The van der Waals surface area contributed by atoms with E-state index >= 15 is 0 Å². The van der Waals surface area contributed by atoms with Crippen LogP contribution in [0.25, 0.3) is 0 Å². The molecule has 4 nitrogen and oxygen atoms in total. The molecule has 0 amide bonds. The molecule has 0 aromatic heterocycles. The third-order valence-electron chi connectivity index (χ3n) is 0.715. The molecular weight excluding hydrogens is 138 g/mol. The quantitative estimate of drug-likeness (QED) is 0.372. The second kappa shape index (κ2) is 5.20. The van der Waals surface area contributed by atoms with E-state index in [2.05, 4.69) is 0 Å². The van der Waals surface area contributed by atoms with Crippen LogP contribution in [0.2, 0.25) is 0 Å². The second-order valence-electron chi connectivity index (χ2n) is 1.49. The normalized spacial score (nSPS) is 31.0. The van der Waals surface area contributed by atoms with Gasteiger partial charge < -0.3 is 16.6 Å². The summed E-state index contributed by atoms with van der Waals surface area (Å²) in [7, 11) is 0. The first-order valence-electron chi connectivity index (χ1n) is 5.70. The van der Waals surface area contributed by atoms with Gasteiger partial charge in [0, 0.05) is 8.22 Å². The molecule has 2 unspecified atom stereocenters. The van der Waals surface area contributed by atoms with Crippen LogP contribution in [0.1, 0.15) is 27.4 Å². The largest absolute Gasteiger partial charge is 0.480 e. The summed E-state index contributed by atoms with van der Waals surface area (Å²) in [5.41, 5.74) is 10.00. The monoisotopic (exact) mass is 158 g/mol.